The van der Waals surface area contributed by atoms with Crippen LogP contribution in [0.5, 0.6) is 0 Å². The van der Waals surface area contributed by atoms with E-state index in [2.05, 4.69) is 5.32 Å². The third kappa shape index (κ3) is 3.96. The van der Waals surface area contributed by atoms with Crippen molar-refractivity contribution in [3.05, 3.63) is 63.7 Å². The zero-order valence-corrected chi connectivity index (χ0v) is 17.2. The van der Waals surface area contributed by atoms with E-state index in [1.807, 2.05) is 0 Å². The molecule has 0 radical (unpaired) electrons. The van der Waals surface area contributed by atoms with Gasteiger partial charge in [-0.2, -0.15) is 26.3 Å². The van der Waals surface area contributed by atoms with Gasteiger partial charge in [0.25, 0.3) is 5.91 Å². The minimum absolute atomic E-state index is 0.0326. The van der Waals surface area contributed by atoms with E-state index in [9.17, 15) is 35.5 Å². The van der Waals surface area contributed by atoms with Gasteiger partial charge in [0.1, 0.15) is 0 Å². The lowest BCUT2D eigenvalue weighted by Crippen LogP contribution is -2.50. The highest BCUT2D eigenvalue weighted by atomic mass is 19.4. The van der Waals surface area contributed by atoms with Crippen LogP contribution in [0.15, 0.2) is 30.3 Å². The Labute approximate surface area is 179 Å². The first-order chi connectivity index (χ1) is 14.7. The summed E-state index contributed by atoms with van der Waals surface area (Å²) in [6.45, 7) is 2.69. The van der Waals surface area contributed by atoms with Crippen molar-refractivity contribution in [3.8, 4) is 0 Å². The number of rotatable bonds is 4. The van der Waals surface area contributed by atoms with Crippen LogP contribution in [-0.4, -0.2) is 18.3 Å². The summed E-state index contributed by atoms with van der Waals surface area (Å²) >= 11 is 0. The molecule has 1 amide bonds. The van der Waals surface area contributed by atoms with Crippen LogP contribution >= 0.6 is 0 Å². The molecule has 1 unspecified atom stereocenters. The number of fused-ring (bicyclic) bond motifs is 1. The van der Waals surface area contributed by atoms with Crippen molar-refractivity contribution in [3.63, 3.8) is 0 Å². The fourth-order valence-electron chi connectivity index (χ4n) is 3.98. The van der Waals surface area contributed by atoms with Crippen LogP contribution < -0.4 is 11.1 Å². The lowest BCUT2D eigenvalue weighted by atomic mass is 9.89. The molecule has 0 spiro atoms. The zero-order valence-electron chi connectivity index (χ0n) is 17.2. The second-order valence-electron chi connectivity index (χ2n) is 7.85. The molecule has 0 heterocycles. The maximum atomic E-state index is 14.5. The van der Waals surface area contributed by atoms with Gasteiger partial charge in [0, 0.05) is 22.9 Å². The average molecular weight is 462 g/mol. The summed E-state index contributed by atoms with van der Waals surface area (Å²) in [5.74, 6) is -0.586. The third-order valence-corrected chi connectivity index (χ3v) is 5.74. The molecule has 1 aliphatic carbocycles. The molecule has 0 saturated carbocycles. The molecule has 3 N–H and O–H groups in total. The van der Waals surface area contributed by atoms with Crippen molar-refractivity contribution in [1.82, 2.24) is 0 Å². The molecule has 0 saturated heterocycles. The molecular formula is C22H21F7N2O. The number of alkyl halides is 7. The van der Waals surface area contributed by atoms with Crippen molar-refractivity contribution < 1.29 is 35.5 Å². The number of nitrogens with two attached hydrogens (primary N) is 1. The first kappa shape index (κ1) is 24.0. The maximum absolute atomic E-state index is 14.5. The van der Waals surface area contributed by atoms with Gasteiger partial charge < -0.3 is 11.1 Å². The number of amides is 1. The fourth-order valence-corrected chi connectivity index (χ4v) is 3.98. The smallest absolute Gasteiger partial charge is 0.324 e. The van der Waals surface area contributed by atoms with Crippen LogP contribution in [-0.2, 0) is 18.5 Å². The van der Waals surface area contributed by atoms with Crippen LogP contribution in [0.4, 0.5) is 36.4 Å². The summed E-state index contributed by atoms with van der Waals surface area (Å²) in [7, 11) is 0. The molecule has 3 nitrogen and oxygen atoms in total. The molecule has 1 atom stereocenters. The summed E-state index contributed by atoms with van der Waals surface area (Å²) < 4.78 is 93.4. The highest BCUT2D eigenvalue weighted by molar-refractivity contribution is 6.05. The largest absolute Gasteiger partial charge is 0.435 e. The highest BCUT2D eigenvalue weighted by Gasteiger charge is 2.73. The molecule has 2 aromatic rings. The molecule has 0 bridgehead atoms. The predicted octanol–water partition coefficient (Wildman–Crippen LogP) is 6.05. The van der Waals surface area contributed by atoms with Crippen molar-refractivity contribution in [2.45, 2.75) is 57.2 Å². The van der Waals surface area contributed by atoms with Gasteiger partial charge in [-0.15, -0.1) is 0 Å². The minimum atomic E-state index is -6.21. The second-order valence-corrected chi connectivity index (χ2v) is 7.85. The normalized spacial score (nSPS) is 16.8. The van der Waals surface area contributed by atoms with Crippen molar-refractivity contribution in [2.24, 2.45) is 5.73 Å². The molecule has 1 aliphatic rings. The Bertz CT molecular complexity index is 1030. The molecule has 0 aliphatic heterocycles. The molecule has 32 heavy (non-hydrogen) atoms. The van der Waals surface area contributed by atoms with Gasteiger partial charge in [0.05, 0.1) is 0 Å². The standard InChI is InChI=1S/C22H21F7N2O/c1-3-12-10-15(20(23,21(24,25)26)22(27,28)29)8-11(2)18(12)31-19(32)14-4-6-16-13(9-14)5-7-17(16)30/h4,6,8-10,17H,3,5,7,30H2,1-2H3,(H,31,32). The average Bonchev–Trinajstić information content (AvgIpc) is 3.07. The third-order valence-electron chi connectivity index (χ3n) is 5.74. The van der Waals surface area contributed by atoms with Gasteiger partial charge in [-0.25, -0.2) is 4.39 Å². The molecule has 0 aromatic heterocycles. The Morgan fingerprint density at radius 2 is 1.69 bits per heavy atom. The first-order valence-corrected chi connectivity index (χ1v) is 9.86. The maximum Gasteiger partial charge on any atom is 0.435 e. The van der Waals surface area contributed by atoms with E-state index in [0.717, 1.165) is 17.5 Å². The number of nitrogens with one attached hydrogen (secondary N) is 1. The van der Waals surface area contributed by atoms with E-state index in [0.29, 0.717) is 18.6 Å². The first-order valence-electron chi connectivity index (χ1n) is 9.86. The number of hydrogen-bond donors (Lipinski definition) is 2. The minimum Gasteiger partial charge on any atom is -0.324 e. The predicted molar refractivity (Wildman–Crippen MR) is 105 cm³/mol. The van der Waals surface area contributed by atoms with Crippen LogP contribution in [0.1, 0.15) is 57.6 Å². The van der Waals surface area contributed by atoms with Crippen molar-refractivity contribution in [1.29, 1.82) is 0 Å². The van der Waals surface area contributed by atoms with Crippen LogP contribution in [0.2, 0.25) is 0 Å². The van der Waals surface area contributed by atoms with Gasteiger partial charge in [-0.1, -0.05) is 19.1 Å². The highest BCUT2D eigenvalue weighted by Crippen LogP contribution is 2.53. The number of benzene rings is 2. The van der Waals surface area contributed by atoms with E-state index in [1.165, 1.54) is 13.8 Å². The van der Waals surface area contributed by atoms with Gasteiger partial charge in [-0.05, 0) is 66.6 Å². The van der Waals surface area contributed by atoms with E-state index in [-0.39, 0.29) is 34.8 Å². The quantitative estimate of drug-likeness (QED) is 0.544. The van der Waals surface area contributed by atoms with Gasteiger partial charge in [-0.3, -0.25) is 4.79 Å². The zero-order chi connectivity index (χ0) is 24.1. The van der Waals surface area contributed by atoms with Crippen LogP contribution in [0.3, 0.4) is 0 Å². The Morgan fingerprint density at radius 1 is 1.06 bits per heavy atom. The molecule has 0 fully saturated rings. The molecule has 2 aromatic carbocycles. The van der Waals surface area contributed by atoms with Gasteiger partial charge >= 0.3 is 18.0 Å². The molecular weight excluding hydrogens is 441 g/mol. The monoisotopic (exact) mass is 462 g/mol. The van der Waals surface area contributed by atoms with Gasteiger partial charge in [0.2, 0.25) is 0 Å². The van der Waals surface area contributed by atoms with Crippen LogP contribution in [0, 0.1) is 6.92 Å². The SMILES string of the molecule is CCc1cc(C(F)(C(F)(F)F)C(F)(F)F)cc(C)c1NC(=O)c1ccc2c(c1)CCC2N. The van der Waals surface area contributed by atoms with Crippen molar-refractivity contribution in [2.75, 3.05) is 5.32 Å². The fraction of sp³-hybridized carbons (Fsp3) is 0.409. The number of halogens is 7. The number of aryl methyl sites for hydroxylation is 3. The van der Waals surface area contributed by atoms with E-state index >= 15 is 0 Å². The van der Waals surface area contributed by atoms with Crippen LogP contribution in [0.25, 0.3) is 0 Å². The number of hydrogen-bond acceptors (Lipinski definition) is 2. The second kappa shape index (κ2) is 8.06. The topological polar surface area (TPSA) is 55.1 Å². The van der Waals surface area contributed by atoms with E-state index in [4.69, 9.17) is 5.73 Å². The summed E-state index contributed by atoms with van der Waals surface area (Å²) in [4.78, 5) is 12.7. The number of anilines is 1. The number of carbonyl (C=O) groups excluding carboxylic acids is 1. The van der Waals surface area contributed by atoms with Gasteiger partial charge in [0.15, 0.2) is 0 Å². The Morgan fingerprint density at radius 3 is 2.25 bits per heavy atom. The summed E-state index contributed by atoms with van der Waals surface area (Å²) in [6, 6.07) is 5.79. The summed E-state index contributed by atoms with van der Waals surface area (Å²) in [5.41, 5.74) is 0.852. The molecule has 10 heteroatoms. The Hall–Kier alpha value is -2.62. The summed E-state index contributed by atoms with van der Waals surface area (Å²) in [6.07, 6.45) is -11.0. The Balaban J connectivity index is 2.00. The molecule has 174 valence electrons. The lowest BCUT2D eigenvalue weighted by Gasteiger charge is -2.31. The molecule has 3 rings (SSSR count). The van der Waals surface area contributed by atoms with E-state index < -0.39 is 29.5 Å². The van der Waals surface area contributed by atoms with E-state index in [1.54, 1.807) is 18.2 Å². The van der Waals surface area contributed by atoms with Crippen molar-refractivity contribution >= 4 is 11.6 Å². The number of carbonyl (C=O) groups is 1. The summed E-state index contributed by atoms with van der Waals surface area (Å²) in [5, 5.41) is 2.55. The lowest BCUT2D eigenvalue weighted by molar-refractivity contribution is -0.348. The Kier molecular flexibility index (Phi) is 6.05.